The standard InChI is InChI=1S/C23H31NO3S/c1-6-7-19(3)20(4)28(25,26)24(16-21-10-8-18(2)9-11-21)17-22-12-14-23(27-5)15-13-22/h6,8-15,19-20H,1,7,16-17H2,2-5H3/t19-,20+/m0/s1. The van der Waals surface area contributed by atoms with Gasteiger partial charge in [-0.3, -0.25) is 0 Å². The van der Waals surface area contributed by atoms with Crippen LogP contribution in [-0.4, -0.2) is 25.1 Å². The van der Waals surface area contributed by atoms with Gasteiger partial charge < -0.3 is 4.74 Å². The lowest BCUT2D eigenvalue weighted by Crippen LogP contribution is -2.39. The highest BCUT2D eigenvalue weighted by Gasteiger charge is 2.32. The van der Waals surface area contributed by atoms with E-state index in [4.69, 9.17) is 4.74 Å². The fourth-order valence-electron chi connectivity index (χ4n) is 3.05. The lowest BCUT2D eigenvalue weighted by Gasteiger charge is -2.29. The molecule has 0 saturated carbocycles. The van der Waals surface area contributed by atoms with Crippen LogP contribution in [0.5, 0.6) is 5.75 Å². The van der Waals surface area contributed by atoms with Crippen molar-refractivity contribution in [1.82, 2.24) is 4.31 Å². The molecule has 0 spiro atoms. The number of benzene rings is 2. The molecule has 0 saturated heterocycles. The number of sulfonamides is 1. The molecular weight excluding hydrogens is 370 g/mol. The molecule has 0 N–H and O–H groups in total. The molecule has 0 aliphatic rings. The third-order valence-corrected chi connectivity index (χ3v) is 7.55. The second kappa shape index (κ2) is 9.89. The van der Waals surface area contributed by atoms with E-state index in [-0.39, 0.29) is 5.92 Å². The molecule has 5 heteroatoms. The molecule has 0 heterocycles. The number of allylic oxidation sites excluding steroid dienone is 1. The summed E-state index contributed by atoms with van der Waals surface area (Å²) < 4.78 is 33.6. The fourth-order valence-corrected chi connectivity index (χ4v) is 4.88. The van der Waals surface area contributed by atoms with E-state index in [1.165, 1.54) is 0 Å². The summed E-state index contributed by atoms with van der Waals surface area (Å²) in [5.41, 5.74) is 3.06. The van der Waals surface area contributed by atoms with Gasteiger partial charge in [0.1, 0.15) is 5.75 Å². The summed E-state index contributed by atoms with van der Waals surface area (Å²) in [6.45, 7) is 10.2. The largest absolute Gasteiger partial charge is 0.497 e. The molecule has 0 aromatic heterocycles. The minimum Gasteiger partial charge on any atom is -0.497 e. The lowest BCUT2D eigenvalue weighted by molar-refractivity contribution is 0.382. The van der Waals surface area contributed by atoms with Crippen molar-refractivity contribution in [1.29, 1.82) is 0 Å². The average molecular weight is 402 g/mol. The van der Waals surface area contributed by atoms with Gasteiger partial charge in [0.15, 0.2) is 0 Å². The summed E-state index contributed by atoms with van der Waals surface area (Å²) in [6.07, 6.45) is 2.45. The highest BCUT2D eigenvalue weighted by atomic mass is 32.2. The normalized spacial score (nSPS) is 13.9. The maximum Gasteiger partial charge on any atom is 0.217 e. The first-order valence-electron chi connectivity index (χ1n) is 9.56. The molecule has 2 aromatic carbocycles. The zero-order valence-corrected chi connectivity index (χ0v) is 18.1. The average Bonchev–Trinajstić information content (AvgIpc) is 2.69. The number of hydrogen-bond acceptors (Lipinski definition) is 3. The summed E-state index contributed by atoms with van der Waals surface area (Å²) in [5.74, 6) is 0.753. The minimum atomic E-state index is -3.49. The van der Waals surface area contributed by atoms with Gasteiger partial charge in [-0.05, 0) is 49.4 Å². The molecule has 0 fully saturated rings. The van der Waals surface area contributed by atoms with E-state index in [0.29, 0.717) is 19.5 Å². The number of rotatable bonds is 10. The Morgan fingerprint density at radius 2 is 1.50 bits per heavy atom. The summed E-state index contributed by atoms with van der Waals surface area (Å²) in [5, 5.41) is -0.491. The zero-order chi connectivity index (χ0) is 20.7. The highest BCUT2D eigenvalue weighted by molar-refractivity contribution is 7.89. The van der Waals surface area contributed by atoms with Gasteiger partial charge in [-0.15, -0.1) is 6.58 Å². The minimum absolute atomic E-state index is 0.00103. The van der Waals surface area contributed by atoms with E-state index in [2.05, 4.69) is 6.58 Å². The van der Waals surface area contributed by atoms with Crippen LogP contribution >= 0.6 is 0 Å². The first-order valence-corrected chi connectivity index (χ1v) is 11.1. The van der Waals surface area contributed by atoms with Crippen LogP contribution in [0.3, 0.4) is 0 Å². The molecule has 2 rings (SSSR count). The first kappa shape index (κ1) is 22.2. The maximum atomic E-state index is 13.4. The van der Waals surface area contributed by atoms with Crippen molar-refractivity contribution in [2.45, 2.75) is 45.5 Å². The van der Waals surface area contributed by atoms with Crippen molar-refractivity contribution in [2.75, 3.05) is 7.11 Å². The van der Waals surface area contributed by atoms with Crippen molar-refractivity contribution >= 4 is 10.0 Å². The number of aryl methyl sites for hydroxylation is 1. The van der Waals surface area contributed by atoms with E-state index >= 15 is 0 Å². The first-order chi connectivity index (χ1) is 13.3. The van der Waals surface area contributed by atoms with E-state index in [0.717, 1.165) is 22.4 Å². The van der Waals surface area contributed by atoms with Gasteiger partial charge in [-0.2, -0.15) is 4.31 Å². The second-order valence-electron chi connectivity index (χ2n) is 7.35. The van der Waals surface area contributed by atoms with Crippen LogP contribution < -0.4 is 4.74 Å². The highest BCUT2D eigenvalue weighted by Crippen LogP contribution is 2.24. The summed E-state index contributed by atoms with van der Waals surface area (Å²) >= 11 is 0. The molecule has 28 heavy (non-hydrogen) atoms. The Morgan fingerprint density at radius 3 is 1.96 bits per heavy atom. The molecule has 4 nitrogen and oxygen atoms in total. The van der Waals surface area contributed by atoms with Crippen LogP contribution in [0, 0.1) is 12.8 Å². The van der Waals surface area contributed by atoms with E-state index in [9.17, 15) is 8.42 Å². The maximum absolute atomic E-state index is 13.4. The fraction of sp³-hybridized carbons (Fsp3) is 0.391. The van der Waals surface area contributed by atoms with Gasteiger partial charge in [0.25, 0.3) is 0 Å². The van der Waals surface area contributed by atoms with Crippen molar-refractivity contribution in [3.05, 3.63) is 77.9 Å². The molecule has 2 atom stereocenters. The quantitative estimate of drug-likeness (QED) is 0.530. The summed E-state index contributed by atoms with van der Waals surface area (Å²) in [4.78, 5) is 0. The summed E-state index contributed by atoms with van der Waals surface area (Å²) in [7, 11) is -1.87. The van der Waals surface area contributed by atoms with Crippen molar-refractivity contribution in [3.8, 4) is 5.75 Å². The van der Waals surface area contributed by atoms with Gasteiger partial charge in [0.2, 0.25) is 10.0 Å². The Kier molecular flexibility index (Phi) is 7.84. The smallest absolute Gasteiger partial charge is 0.217 e. The number of nitrogens with zero attached hydrogens (tertiary/aromatic N) is 1. The van der Waals surface area contributed by atoms with E-state index in [1.54, 1.807) is 24.4 Å². The molecule has 152 valence electrons. The predicted molar refractivity (Wildman–Crippen MR) is 116 cm³/mol. The van der Waals surface area contributed by atoms with Crippen LogP contribution in [0.4, 0.5) is 0 Å². The van der Waals surface area contributed by atoms with Gasteiger partial charge in [0, 0.05) is 13.1 Å². The van der Waals surface area contributed by atoms with Crippen LogP contribution in [0.2, 0.25) is 0 Å². The van der Waals surface area contributed by atoms with E-state index in [1.807, 2.05) is 62.4 Å². The number of methoxy groups -OCH3 is 1. The van der Waals surface area contributed by atoms with Crippen molar-refractivity contribution < 1.29 is 13.2 Å². The topological polar surface area (TPSA) is 46.6 Å². The Hall–Kier alpha value is -2.11. The molecule has 0 aliphatic carbocycles. The second-order valence-corrected chi connectivity index (χ2v) is 9.64. The third-order valence-electron chi connectivity index (χ3n) is 5.17. The Bertz CT molecular complexity index is 858. The monoisotopic (exact) mass is 401 g/mol. The molecule has 0 bridgehead atoms. The third kappa shape index (κ3) is 5.69. The van der Waals surface area contributed by atoms with Gasteiger partial charge in [0.05, 0.1) is 12.4 Å². The van der Waals surface area contributed by atoms with Gasteiger partial charge in [-0.1, -0.05) is 55.0 Å². The van der Waals surface area contributed by atoms with Crippen LogP contribution in [-0.2, 0) is 23.1 Å². The van der Waals surface area contributed by atoms with Crippen LogP contribution in [0.25, 0.3) is 0 Å². The number of ether oxygens (including phenoxy) is 1. The molecule has 0 radical (unpaired) electrons. The van der Waals surface area contributed by atoms with E-state index < -0.39 is 15.3 Å². The van der Waals surface area contributed by atoms with Crippen LogP contribution in [0.1, 0.15) is 37.0 Å². The zero-order valence-electron chi connectivity index (χ0n) is 17.3. The Balaban J connectivity index is 2.32. The van der Waals surface area contributed by atoms with Crippen molar-refractivity contribution in [3.63, 3.8) is 0 Å². The van der Waals surface area contributed by atoms with Crippen LogP contribution in [0.15, 0.2) is 61.2 Å². The summed E-state index contributed by atoms with van der Waals surface area (Å²) in [6, 6.07) is 15.5. The Morgan fingerprint density at radius 1 is 1.00 bits per heavy atom. The molecule has 0 unspecified atom stereocenters. The molecular formula is C23H31NO3S. The van der Waals surface area contributed by atoms with Gasteiger partial charge in [-0.25, -0.2) is 8.42 Å². The lowest BCUT2D eigenvalue weighted by atomic mass is 10.1. The van der Waals surface area contributed by atoms with Crippen molar-refractivity contribution in [2.24, 2.45) is 5.92 Å². The number of hydrogen-bond donors (Lipinski definition) is 0. The molecule has 0 aliphatic heterocycles. The van der Waals surface area contributed by atoms with Gasteiger partial charge >= 0.3 is 0 Å². The Labute approximate surface area is 169 Å². The SMILES string of the molecule is C=CC[C@H](C)[C@@H](C)S(=O)(=O)N(Cc1ccc(C)cc1)Cc1ccc(OC)cc1. The molecule has 2 aromatic rings. The molecule has 0 amide bonds. The predicted octanol–water partition coefficient (Wildman–Crippen LogP) is 4.94.